The third kappa shape index (κ3) is 3.58. The fraction of sp³-hybridized carbons (Fsp3) is 0.133. The Kier molecular flexibility index (Phi) is 4.58. The Morgan fingerprint density at radius 1 is 1.16 bits per heavy atom. The first kappa shape index (κ1) is 13.6. The summed E-state index contributed by atoms with van der Waals surface area (Å²) in [4.78, 5) is 12.0. The van der Waals surface area contributed by atoms with Gasteiger partial charge in [-0.15, -0.1) is 0 Å². The van der Waals surface area contributed by atoms with Crippen LogP contribution < -0.4 is 10.1 Å². The maximum Gasteiger partial charge on any atom is 0.252 e. The van der Waals surface area contributed by atoms with Crippen molar-refractivity contribution in [2.45, 2.75) is 6.54 Å². The second-order valence-electron chi connectivity index (χ2n) is 4.01. The first-order valence-corrected chi connectivity index (χ1v) is 6.65. The first-order valence-electron chi connectivity index (χ1n) is 5.86. The van der Waals surface area contributed by atoms with Crippen LogP contribution >= 0.6 is 15.9 Å². The van der Waals surface area contributed by atoms with Crippen molar-refractivity contribution in [1.82, 2.24) is 5.32 Å². The van der Waals surface area contributed by atoms with Gasteiger partial charge in [-0.3, -0.25) is 4.79 Å². The van der Waals surface area contributed by atoms with Crippen molar-refractivity contribution in [2.75, 3.05) is 7.11 Å². The van der Waals surface area contributed by atoms with E-state index in [9.17, 15) is 4.79 Å². The van der Waals surface area contributed by atoms with Crippen molar-refractivity contribution in [3.8, 4) is 5.75 Å². The molecule has 0 atom stereocenters. The molecule has 0 aliphatic carbocycles. The third-order valence-corrected chi connectivity index (χ3v) is 3.42. The number of carbonyl (C=O) groups excluding carboxylic acids is 1. The summed E-state index contributed by atoms with van der Waals surface area (Å²) in [7, 11) is 1.63. The summed E-state index contributed by atoms with van der Waals surface area (Å²) in [5.41, 5.74) is 1.66. The van der Waals surface area contributed by atoms with Gasteiger partial charge in [-0.1, -0.05) is 24.3 Å². The zero-order valence-corrected chi connectivity index (χ0v) is 12.1. The number of methoxy groups -OCH3 is 1. The number of halogens is 1. The van der Waals surface area contributed by atoms with Crippen LogP contribution in [0.3, 0.4) is 0 Å². The fourth-order valence-corrected chi connectivity index (χ4v) is 2.13. The van der Waals surface area contributed by atoms with Crippen molar-refractivity contribution in [1.29, 1.82) is 0 Å². The molecule has 4 heteroatoms. The number of nitrogens with one attached hydrogen (secondary N) is 1. The highest BCUT2D eigenvalue weighted by molar-refractivity contribution is 9.10. The molecule has 19 heavy (non-hydrogen) atoms. The van der Waals surface area contributed by atoms with Gasteiger partial charge < -0.3 is 10.1 Å². The van der Waals surface area contributed by atoms with Gasteiger partial charge in [-0.05, 0) is 45.8 Å². The molecule has 0 spiro atoms. The summed E-state index contributed by atoms with van der Waals surface area (Å²) in [6, 6.07) is 15.0. The van der Waals surface area contributed by atoms with Crippen LogP contribution in [0, 0.1) is 0 Å². The Hall–Kier alpha value is -1.81. The van der Waals surface area contributed by atoms with Crippen molar-refractivity contribution in [3.05, 3.63) is 64.1 Å². The lowest BCUT2D eigenvalue weighted by molar-refractivity contribution is 0.0950. The van der Waals surface area contributed by atoms with Gasteiger partial charge in [0, 0.05) is 11.0 Å². The molecule has 0 aliphatic heterocycles. The molecule has 0 saturated heterocycles. The minimum absolute atomic E-state index is 0.0942. The highest BCUT2D eigenvalue weighted by Crippen LogP contribution is 2.16. The molecular weight excluding hydrogens is 306 g/mol. The molecule has 0 bridgehead atoms. The summed E-state index contributed by atoms with van der Waals surface area (Å²) >= 11 is 3.36. The number of hydrogen-bond donors (Lipinski definition) is 1. The van der Waals surface area contributed by atoms with Crippen LogP contribution in [-0.4, -0.2) is 13.0 Å². The van der Waals surface area contributed by atoms with Gasteiger partial charge in [-0.25, -0.2) is 0 Å². The highest BCUT2D eigenvalue weighted by Gasteiger charge is 2.08. The van der Waals surface area contributed by atoms with Gasteiger partial charge in [0.05, 0.1) is 12.7 Å². The number of hydrogen-bond acceptors (Lipinski definition) is 2. The van der Waals surface area contributed by atoms with Crippen LogP contribution in [0.2, 0.25) is 0 Å². The fourth-order valence-electron chi connectivity index (χ4n) is 1.67. The molecule has 1 amide bonds. The summed E-state index contributed by atoms with van der Waals surface area (Å²) in [5.74, 6) is 0.712. The Morgan fingerprint density at radius 3 is 2.47 bits per heavy atom. The predicted octanol–water partition coefficient (Wildman–Crippen LogP) is 3.39. The Balaban J connectivity index is 1.98. The van der Waals surface area contributed by atoms with E-state index in [-0.39, 0.29) is 5.91 Å². The normalized spacial score (nSPS) is 10.0. The number of benzene rings is 2. The van der Waals surface area contributed by atoms with E-state index >= 15 is 0 Å². The Morgan fingerprint density at radius 2 is 1.84 bits per heavy atom. The molecule has 0 unspecified atom stereocenters. The van der Waals surface area contributed by atoms with E-state index in [1.807, 2.05) is 42.5 Å². The molecule has 1 N–H and O–H groups in total. The Labute approximate surface area is 120 Å². The molecule has 0 saturated carbocycles. The van der Waals surface area contributed by atoms with Crippen molar-refractivity contribution >= 4 is 21.8 Å². The van der Waals surface area contributed by atoms with E-state index in [0.717, 1.165) is 15.8 Å². The molecular formula is C15H14BrNO2. The van der Waals surface area contributed by atoms with E-state index < -0.39 is 0 Å². The average Bonchev–Trinajstić information content (AvgIpc) is 2.46. The number of carbonyl (C=O) groups is 1. The molecule has 0 radical (unpaired) electrons. The second kappa shape index (κ2) is 6.38. The zero-order chi connectivity index (χ0) is 13.7. The third-order valence-electron chi connectivity index (χ3n) is 2.73. The maximum atomic E-state index is 12.0. The number of rotatable bonds is 4. The van der Waals surface area contributed by atoms with E-state index in [1.165, 1.54) is 0 Å². The quantitative estimate of drug-likeness (QED) is 0.938. The lowest BCUT2D eigenvalue weighted by atomic mass is 10.2. The van der Waals surface area contributed by atoms with Crippen LogP contribution in [0.25, 0.3) is 0 Å². The molecule has 2 rings (SSSR count). The molecule has 3 nitrogen and oxygen atoms in total. The summed E-state index contributed by atoms with van der Waals surface area (Å²) < 4.78 is 5.88. The predicted molar refractivity (Wildman–Crippen MR) is 78.3 cm³/mol. The van der Waals surface area contributed by atoms with Crippen LogP contribution in [0.4, 0.5) is 0 Å². The van der Waals surface area contributed by atoms with Crippen LogP contribution in [0.1, 0.15) is 15.9 Å². The van der Waals surface area contributed by atoms with E-state index in [2.05, 4.69) is 21.2 Å². The van der Waals surface area contributed by atoms with Gasteiger partial charge in [0.1, 0.15) is 5.75 Å². The van der Waals surface area contributed by atoms with E-state index in [1.54, 1.807) is 13.2 Å². The molecule has 0 aliphatic rings. The molecule has 2 aromatic rings. The smallest absolute Gasteiger partial charge is 0.252 e. The molecule has 2 aromatic carbocycles. The van der Waals surface area contributed by atoms with Crippen molar-refractivity contribution < 1.29 is 9.53 Å². The van der Waals surface area contributed by atoms with Gasteiger partial charge in [0.2, 0.25) is 0 Å². The minimum Gasteiger partial charge on any atom is -0.497 e. The van der Waals surface area contributed by atoms with Crippen molar-refractivity contribution in [2.24, 2.45) is 0 Å². The number of amides is 1. The van der Waals surface area contributed by atoms with Crippen LogP contribution in [0.15, 0.2) is 53.0 Å². The van der Waals surface area contributed by atoms with E-state index in [4.69, 9.17) is 4.74 Å². The molecule has 0 aromatic heterocycles. The van der Waals surface area contributed by atoms with Gasteiger partial charge in [-0.2, -0.15) is 0 Å². The summed E-state index contributed by atoms with van der Waals surface area (Å²) in [6.45, 7) is 0.490. The Bertz CT molecular complexity index is 567. The largest absolute Gasteiger partial charge is 0.497 e. The van der Waals surface area contributed by atoms with Gasteiger partial charge in [0.25, 0.3) is 5.91 Å². The molecule has 0 heterocycles. The SMILES string of the molecule is COc1ccc(CNC(=O)c2ccccc2Br)cc1. The minimum atomic E-state index is -0.0942. The monoisotopic (exact) mass is 319 g/mol. The standard InChI is InChI=1S/C15H14BrNO2/c1-19-12-8-6-11(7-9-12)10-17-15(18)13-4-2-3-5-14(13)16/h2-9H,10H2,1H3,(H,17,18). The molecule has 98 valence electrons. The van der Waals surface area contributed by atoms with Crippen molar-refractivity contribution in [3.63, 3.8) is 0 Å². The summed E-state index contributed by atoms with van der Waals surface area (Å²) in [5, 5.41) is 2.88. The van der Waals surface area contributed by atoms with Crippen LogP contribution in [-0.2, 0) is 6.54 Å². The van der Waals surface area contributed by atoms with Crippen LogP contribution in [0.5, 0.6) is 5.75 Å². The first-order chi connectivity index (χ1) is 9.20. The highest BCUT2D eigenvalue weighted by atomic mass is 79.9. The lowest BCUT2D eigenvalue weighted by Crippen LogP contribution is -2.23. The average molecular weight is 320 g/mol. The van der Waals surface area contributed by atoms with Gasteiger partial charge in [0.15, 0.2) is 0 Å². The second-order valence-corrected chi connectivity index (χ2v) is 4.86. The molecule has 0 fully saturated rings. The lowest BCUT2D eigenvalue weighted by Gasteiger charge is -2.07. The van der Waals surface area contributed by atoms with E-state index in [0.29, 0.717) is 12.1 Å². The zero-order valence-electron chi connectivity index (χ0n) is 10.5. The topological polar surface area (TPSA) is 38.3 Å². The maximum absolute atomic E-state index is 12.0. The number of ether oxygens (including phenoxy) is 1. The van der Waals surface area contributed by atoms with Gasteiger partial charge >= 0.3 is 0 Å². The summed E-state index contributed by atoms with van der Waals surface area (Å²) in [6.07, 6.45) is 0.